The second-order valence-electron chi connectivity index (χ2n) is 6.93. The number of sulfone groups is 1. The van der Waals surface area contributed by atoms with Gasteiger partial charge in [-0.25, -0.2) is 8.42 Å². The quantitative estimate of drug-likeness (QED) is 0.879. The highest BCUT2D eigenvalue weighted by molar-refractivity contribution is 7.92. The fourth-order valence-electron chi connectivity index (χ4n) is 3.30. The molecule has 1 aliphatic heterocycles. The van der Waals surface area contributed by atoms with Crippen LogP contribution in [0.3, 0.4) is 0 Å². The summed E-state index contributed by atoms with van der Waals surface area (Å²) in [6, 6.07) is 12.0. The van der Waals surface area contributed by atoms with E-state index in [1.165, 1.54) is 17.9 Å². The Hall–Kier alpha value is -2.67. The largest absolute Gasteiger partial charge is 0.325 e. The number of fused-ring (bicyclic) bond motifs is 1. The number of para-hydroxylation sites is 1. The van der Waals surface area contributed by atoms with Gasteiger partial charge in [-0.15, -0.1) is 0 Å². The van der Waals surface area contributed by atoms with Crippen molar-refractivity contribution in [1.82, 2.24) is 0 Å². The molecule has 0 aromatic heterocycles. The lowest BCUT2D eigenvalue weighted by molar-refractivity contribution is -0.121. The first-order chi connectivity index (χ1) is 12.7. The van der Waals surface area contributed by atoms with Crippen molar-refractivity contribution in [2.24, 2.45) is 0 Å². The van der Waals surface area contributed by atoms with Gasteiger partial charge in [0.05, 0.1) is 15.8 Å². The monoisotopic (exact) mass is 386 g/mol. The van der Waals surface area contributed by atoms with Crippen molar-refractivity contribution < 1.29 is 18.0 Å². The van der Waals surface area contributed by atoms with Crippen LogP contribution in [0.25, 0.3) is 0 Å². The zero-order valence-corrected chi connectivity index (χ0v) is 16.3. The van der Waals surface area contributed by atoms with Crippen LogP contribution >= 0.6 is 0 Å². The minimum atomic E-state index is -3.62. The summed E-state index contributed by atoms with van der Waals surface area (Å²) >= 11 is 0. The molecule has 0 unspecified atom stereocenters. The van der Waals surface area contributed by atoms with Crippen molar-refractivity contribution in [3.05, 3.63) is 53.6 Å². The molecule has 1 atom stereocenters. The van der Waals surface area contributed by atoms with Gasteiger partial charge in [0.2, 0.25) is 11.8 Å². The number of carbonyl (C=O) groups is 2. The lowest BCUT2D eigenvalue weighted by Crippen LogP contribution is -2.38. The topological polar surface area (TPSA) is 83.6 Å². The maximum absolute atomic E-state index is 12.7. The van der Waals surface area contributed by atoms with Crippen molar-refractivity contribution >= 4 is 33.0 Å². The van der Waals surface area contributed by atoms with Crippen LogP contribution in [0, 0.1) is 13.8 Å². The molecule has 7 heteroatoms. The van der Waals surface area contributed by atoms with Crippen LogP contribution in [0.4, 0.5) is 11.4 Å². The molecule has 6 nitrogen and oxygen atoms in total. The Morgan fingerprint density at radius 3 is 2.44 bits per heavy atom. The molecule has 0 spiro atoms. The molecule has 27 heavy (non-hydrogen) atoms. The molecule has 0 radical (unpaired) electrons. The predicted octanol–water partition coefficient (Wildman–Crippen LogP) is 2.84. The van der Waals surface area contributed by atoms with E-state index in [0.717, 1.165) is 11.1 Å². The summed E-state index contributed by atoms with van der Waals surface area (Å²) in [4.78, 5) is 26.6. The Morgan fingerprint density at radius 1 is 1.15 bits per heavy atom. The van der Waals surface area contributed by atoms with E-state index in [2.05, 4.69) is 5.32 Å². The number of rotatable bonds is 3. The van der Waals surface area contributed by atoms with E-state index >= 15 is 0 Å². The van der Waals surface area contributed by atoms with Gasteiger partial charge in [0.1, 0.15) is 6.54 Å². The van der Waals surface area contributed by atoms with E-state index in [9.17, 15) is 18.0 Å². The van der Waals surface area contributed by atoms with Gasteiger partial charge in [-0.05, 0) is 56.2 Å². The van der Waals surface area contributed by atoms with Crippen LogP contribution in [-0.2, 0) is 19.4 Å². The smallest absolute Gasteiger partial charge is 0.244 e. The lowest BCUT2D eigenvalue weighted by atomic mass is 10.1. The molecular formula is C20H22N2O4S. The summed E-state index contributed by atoms with van der Waals surface area (Å²) < 4.78 is 25.4. The second-order valence-corrected chi connectivity index (χ2v) is 9.27. The fraction of sp³-hybridized carbons (Fsp3) is 0.300. The van der Waals surface area contributed by atoms with Crippen molar-refractivity contribution in [3.8, 4) is 0 Å². The van der Waals surface area contributed by atoms with Gasteiger partial charge in [0, 0.05) is 12.1 Å². The maximum Gasteiger partial charge on any atom is 0.244 e. The summed E-state index contributed by atoms with van der Waals surface area (Å²) in [5.41, 5.74) is 2.93. The van der Waals surface area contributed by atoms with E-state index in [0.29, 0.717) is 5.69 Å². The van der Waals surface area contributed by atoms with Gasteiger partial charge in [0.15, 0.2) is 9.84 Å². The van der Waals surface area contributed by atoms with Crippen molar-refractivity contribution in [1.29, 1.82) is 0 Å². The predicted molar refractivity (Wildman–Crippen MR) is 105 cm³/mol. The second kappa shape index (κ2) is 7.15. The number of nitrogens with one attached hydrogen (secondary N) is 1. The zero-order chi connectivity index (χ0) is 19.8. The summed E-state index contributed by atoms with van der Waals surface area (Å²) in [6.45, 7) is 5.14. The molecule has 2 aromatic rings. The highest BCUT2D eigenvalue weighted by Crippen LogP contribution is 2.33. The molecule has 0 aliphatic carbocycles. The van der Waals surface area contributed by atoms with E-state index in [1.54, 1.807) is 18.2 Å². The molecule has 1 heterocycles. The molecule has 0 bridgehead atoms. The average molecular weight is 386 g/mol. The van der Waals surface area contributed by atoms with Crippen LogP contribution < -0.4 is 10.2 Å². The first-order valence-corrected chi connectivity index (χ1v) is 10.2. The minimum absolute atomic E-state index is 0.0857. The minimum Gasteiger partial charge on any atom is -0.325 e. The molecule has 0 fully saturated rings. The number of nitrogens with zero attached hydrogens (tertiary/aromatic N) is 1. The van der Waals surface area contributed by atoms with Gasteiger partial charge in [-0.3, -0.25) is 9.59 Å². The molecule has 1 aliphatic rings. The van der Waals surface area contributed by atoms with E-state index in [-0.39, 0.29) is 35.4 Å². The summed E-state index contributed by atoms with van der Waals surface area (Å²) in [5.74, 6) is -0.762. The molecule has 3 rings (SSSR count). The number of aryl methyl sites for hydroxylation is 2. The van der Waals surface area contributed by atoms with Crippen molar-refractivity contribution in [2.45, 2.75) is 37.3 Å². The Balaban J connectivity index is 1.91. The molecular weight excluding hydrogens is 364 g/mol. The van der Waals surface area contributed by atoms with E-state index in [4.69, 9.17) is 0 Å². The first-order valence-electron chi connectivity index (χ1n) is 8.70. The van der Waals surface area contributed by atoms with Gasteiger partial charge >= 0.3 is 0 Å². The summed E-state index contributed by atoms with van der Waals surface area (Å²) in [5, 5.41) is 1.96. The van der Waals surface area contributed by atoms with Gasteiger partial charge in [-0.1, -0.05) is 18.2 Å². The first kappa shape index (κ1) is 19.1. The van der Waals surface area contributed by atoms with Gasteiger partial charge in [-0.2, -0.15) is 0 Å². The molecule has 2 amide bonds. The SMILES string of the molecule is Cc1cc(C)cc(NC(=O)CN2C(=O)C[C@@H](C)S(=O)(=O)c3ccccc32)c1. The normalized spacial score (nSPS) is 18.6. The van der Waals surface area contributed by atoms with Gasteiger partial charge < -0.3 is 10.2 Å². The molecule has 142 valence electrons. The number of hydrogen-bond donors (Lipinski definition) is 1. The van der Waals surface area contributed by atoms with Crippen LogP contribution in [-0.4, -0.2) is 32.0 Å². The fourth-order valence-corrected chi connectivity index (χ4v) is 4.84. The molecule has 2 aromatic carbocycles. The maximum atomic E-state index is 12.7. The van der Waals surface area contributed by atoms with Crippen molar-refractivity contribution in [3.63, 3.8) is 0 Å². The number of benzene rings is 2. The van der Waals surface area contributed by atoms with Crippen LogP contribution in [0.15, 0.2) is 47.4 Å². The standard InChI is InChI=1S/C20H22N2O4S/c1-13-8-14(2)10-16(9-13)21-19(23)12-22-17-6-4-5-7-18(17)27(25,26)15(3)11-20(22)24/h4-10,15H,11-12H2,1-3H3,(H,21,23)/t15-/m1/s1. The summed E-state index contributed by atoms with van der Waals surface area (Å²) in [7, 11) is -3.62. The number of carbonyl (C=O) groups excluding carboxylic acids is 2. The van der Waals surface area contributed by atoms with E-state index in [1.807, 2.05) is 32.0 Å². The lowest BCUT2D eigenvalue weighted by Gasteiger charge is -2.22. The number of amides is 2. The Bertz CT molecular complexity index is 994. The summed E-state index contributed by atoms with van der Waals surface area (Å²) in [6.07, 6.45) is -0.159. The molecule has 1 N–H and O–H groups in total. The van der Waals surface area contributed by atoms with Crippen molar-refractivity contribution in [2.75, 3.05) is 16.8 Å². The van der Waals surface area contributed by atoms with Crippen LogP contribution in [0.1, 0.15) is 24.5 Å². The molecule has 0 saturated heterocycles. The number of anilines is 2. The Kier molecular flexibility index (Phi) is 5.06. The highest BCUT2D eigenvalue weighted by Gasteiger charge is 2.36. The average Bonchev–Trinajstić information content (AvgIpc) is 2.64. The van der Waals surface area contributed by atoms with E-state index < -0.39 is 15.1 Å². The third-order valence-corrected chi connectivity index (χ3v) is 6.75. The number of hydrogen-bond acceptors (Lipinski definition) is 4. The zero-order valence-electron chi connectivity index (χ0n) is 15.5. The third-order valence-electron chi connectivity index (χ3n) is 4.56. The Morgan fingerprint density at radius 2 is 1.78 bits per heavy atom. The van der Waals surface area contributed by atoms with Gasteiger partial charge in [0.25, 0.3) is 0 Å². The third kappa shape index (κ3) is 3.88. The highest BCUT2D eigenvalue weighted by atomic mass is 32.2. The molecule has 0 saturated carbocycles. The Labute approximate surface area is 159 Å². The van der Waals surface area contributed by atoms with Crippen LogP contribution in [0.2, 0.25) is 0 Å². The van der Waals surface area contributed by atoms with Crippen LogP contribution in [0.5, 0.6) is 0 Å².